The van der Waals surface area contributed by atoms with Gasteiger partial charge < -0.3 is 5.32 Å². The molecule has 0 aromatic rings. The molecule has 1 unspecified atom stereocenters. The molecule has 0 radical (unpaired) electrons. The van der Waals surface area contributed by atoms with Gasteiger partial charge >= 0.3 is 0 Å². The minimum atomic E-state index is -2.98. The highest BCUT2D eigenvalue weighted by Gasteiger charge is 2.15. The van der Waals surface area contributed by atoms with Gasteiger partial charge in [-0.3, -0.25) is 0 Å². The molecule has 0 spiro atoms. The number of nitrogens with one attached hydrogen (secondary N) is 2. The third-order valence-electron chi connectivity index (χ3n) is 1.78. The highest BCUT2D eigenvalue weighted by Crippen LogP contribution is 2.04. The first kappa shape index (κ1) is 8.96. The van der Waals surface area contributed by atoms with Gasteiger partial charge in [0.05, 0.1) is 6.26 Å². The standard InChI is InChI=1S/C6H14N2O2S/c1-11(9,10)8-5-3-6-2-4-7-6/h6-8H,2-5H2,1H3. The van der Waals surface area contributed by atoms with Crippen LogP contribution in [0.25, 0.3) is 0 Å². The van der Waals surface area contributed by atoms with Gasteiger partial charge in [0.2, 0.25) is 10.0 Å². The second-order valence-electron chi connectivity index (χ2n) is 2.89. The molecule has 1 saturated heterocycles. The van der Waals surface area contributed by atoms with Gasteiger partial charge in [-0.15, -0.1) is 0 Å². The summed E-state index contributed by atoms with van der Waals surface area (Å²) in [5, 5.41) is 3.20. The predicted molar refractivity (Wildman–Crippen MR) is 43.9 cm³/mol. The van der Waals surface area contributed by atoms with E-state index < -0.39 is 10.0 Å². The zero-order valence-electron chi connectivity index (χ0n) is 6.63. The first-order valence-corrected chi connectivity index (χ1v) is 5.65. The fourth-order valence-corrected chi connectivity index (χ4v) is 1.50. The summed E-state index contributed by atoms with van der Waals surface area (Å²) in [5.74, 6) is 0. The van der Waals surface area contributed by atoms with Gasteiger partial charge in [-0.05, 0) is 19.4 Å². The van der Waals surface area contributed by atoms with Crippen LogP contribution in [0.1, 0.15) is 12.8 Å². The van der Waals surface area contributed by atoms with Crippen LogP contribution in [-0.4, -0.2) is 33.8 Å². The van der Waals surface area contributed by atoms with Gasteiger partial charge in [0.1, 0.15) is 0 Å². The molecule has 1 atom stereocenters. The molecule has 0 aromatic carbocycles. The summed E-state index contributed by atoms with van der Waals surface area (Å²) < 4.78 is 23.6. The Balaban J connectivity index is 2.04. The zero-order valence-corrected chi connectivity index (χ0v) is 7.45. The van der Waals surface area contributed by atoms with Crippen molar-refractivity contribution >= 4 is 10.0 Å². The van der Waals surface area contributed by atoms with Crippen molar-refractivity contribution in [3.8, 4) is 0 Å². The smallest absolute Gasteiger partial charge is 0.208 e. The first-order valence-electron chi connectivity index (χ1n) is 3.76. The summed E-state index contributed by atoms with van der Waals surface area (Å²) in [7, 11) is -2.98. The van der Waals surface area contributed by atoms with Gasteiger partial charge in [0.15, 0.2) is 0 Å². The maximum absolute atomic E-state index is 10.6. The van der Waals surface area contributed by atoms with Gasteiger partial charge in [-0.2, -0.15) is 0 Å². The van der Waals surface area contributed by atoms with Gasteiger partial charge in [0.25, 0.3) is 0 Å². The highest BCUT2D eigenvalue weighted by atomic mass is 32.2. The van der Waals surface area contributed by atoms with E-state index in [0.717, 1.165) is 13.0 Å². The van der Waals surface area contributed by atoms with Crippen LogP contribution in [0.5, 0.6) is 0 Å². The maximum atomic E-state index is 10.6. The van der Waals surface area contributed by atoms with Crippen LogP contribution in [0.15, 0.2) is 0 Å². The van der Waals surface area contributed by atoms with Crippen LogP contribution in [-0.2, 0) is 10.0 Å². The summed E-state index contributed by atoms with van der Waals surface area (Å²) >= 11 is 0. The highest BCUT2D eigenvalue weighted by molar-refractivity contribution is 7.88. The Labute approximate surface area is 67.4 Å². The van der Waals surface area contributed by atoms with Crippen LogP contribution in [0, 0.1) is 0 Å². The Kier molecular flexibility index (Phi) is 2.86. The number of hydrogen-bond acceptors (Lipinski definition) is 3. The fraction of sp³-hybridized carbons (Fsp3) is 1.00. The van der Waals surface area contributed by atoms with E-state index >= 15 is 0 Å². The Morgan fingerprint density at radius 1 is 1.64 bits per heavy atom. The Hall–Kier alpha value is -0.130. The van der Waals surface area contributed by atoms with Gasteiger partial charge in [-0.25, -0.2) is 13.1 Å². The first-order chi connectivity index (χ1) is 5.08. The molecule has 4 nitrogen and oxygen atoms in total. The predicted octanol–water partition coefficient (Wildman–Crippen LogP) is -0.712. The Bertz CT molecular complexity index is 209. The molecule has 0 bridgehead atoms. The monoisotopic (exact) mass is 178 g/mol. The van der Waals surface area contributed by atoms with E-state index in [9.17, 15) is 8.42 Å². The topological polar surface area (TPSA) is 58.2 Å². The summed E-state index contributed by atoms with van der Waals surface area (Å²) in [5.41, 5.74) is 0. The third-order valence-corrected chi connectivity index (χ3v) is 2.51. The molecule has 66 valence electrons. The lowest BCUT2D eigenvalue weighted by Crippen LogP contribution is -2.44. The van der Waals surface area contributed by atoms with Crippen molar-refractivity contribution in [3.63, 3.8) is 0 Å². The average molecular weight is 178 g/mol. The van der Waals surface area contributed by atoms with Crippen LogP contribution in [0.2, 0.25) is 0 Å². The molecule has 0 aliphatic carbocycles. The molecule has 1 aliphatic heterocycles. The van der Waals surface area contributed by atoms with E-state index in [1.54, 1.807) is 0 Å². The maximum Gasteiger partial charge on any atom is 0.208 e. The molecular weight excluding hydrogens is 164 g/mol. The second kappa shape index (κ2) is 3.51. The largest absolute Gasteiger partial charge is 0.314 e. The van der Waals surface area contributed by atoms with E-state index in [1.807, 2.05) is 0 Å². The zero-order chi connectivity index (χ0) is 8.32. The molecule has 2 N–H and O–H groups in total. The molecule has 0 aromatic heterocycles. The van der Waals surface area contributed by atoms with Crippen molar-refractivity contribution < 1.29 is 8.42 Å². The lowest BCUT2D eigenvalue weighted by Gasteiger charge is -2.27. The summed E-state index contributed by atoms with van der Waals surface area (Å²) in [6.45, 7) is 1.63. The molecule has 11 heavy (non-hydrogen) atoms. The summed E-state index contributed by atoms with van der Waals surface area (Å²) in [4.78, 5) is 0. The van der Waals surface area contributed by atoms with E-state index in [0.29, 0.717) is 12.6 Å². The molecule has 1 rings (SSSR count). The fourth-order valence-electron chi connectivity index (χ4n) is 1.01. The number of hydrogen-bond donors (Lipinski definition) is 2. The summed E-state index contributed by atoms with van der Waals surface area (Å²) in [6, 6.07) is 0.532. The lowest BCUT2D eigenvalue weighted by molar-refractivity contribution is 0.351. The van der Waals surface area contributed by atoms with Gasteiger partial charge in [0, 0.05) is 12.6 Å². The molecule has 1 fully saturated rings. The van der Waals surface area contributed by atoms with E-state index in [2.05, 4.69) is 10.0 Å². The molecule has 5 heteroatoms. The minimum absolute atomic E-state index is 0.532. The Morgan fingerprint density at radius 3 is 2.64 bits per heavy atom. The van der Waals surface area contributed by atoms with Crippen molar-refractivity contribution in [3.05, 3.63) is 0 Å². The van der Waals surface area contributed by atoms with Crippen LogP contribution in [0.3, 0.4) is 0 Å². The second-order valence-corrected chi connectivity index (χ2v) is 4.73. The van der Waals surface area contributed by atoms with E-state index in [1.165, 1.54) is 12.7 Å². The van der Waals surface area contributed by atoms with Crippen molar-refractivity contribution in [1.29, 1.82) is 0 Å². The van der Waals surface area contributed by atoms with Crippen LogP contribution in [0.4, 0.5) is 0 Å². The average Bonchev–Trinajstić information content (AvgIpc) is 1.73. The number of rotatable bonds is 4. The van der Waals surface area contributed by atoms with Crippen molar-refractivity contribution in [2.24, 2.45) is 0 Å². The van der Waals surface area contributed by atoms with Crippen LogP contribution < -0.4 is 10.0 Å². The Morgan fingerprint density at radius 2 is 2.27 bits per heavy atom. The van der Waals surface area contributed by atoms with E-state index in [4.69, 9.17) is 0 Å². The quantitative estimate of drug-likeness (QED) is 0.598. The van der Waals surface area contributed by atoms with Crippen molar-refractivity contribution in [2.75, 3.05) is 19.3 Å². The number of sulfonamides is 1. The molecule has 0 saturated carbocycles. The molecular formula is C6H14N2O2S. The lowest BCUT2D eigenvalue weighted by atomic mass is 10.0. The normalized spacial score (nSPS) is 24.6. The minimum Gasteiger partial charge on any atom is -0.314 e. The summed E-state index contributed by atoms with van der Waals surface area (Å²) in [6.07, 6.45) is 3.25. The molecule has 1 aliphatic rings. The third kappa shape index (κ3) is 3.69. The van der Waals surface area contributed by atoms with Crippen LogP contribution >= 0.6 is 0 Å². The SMILES string of the molecule is CS(=O)(=O)NCCC1CCN1. The molecule has 0 amide bonds. The van der Waals surface area contributed by atoms with E-state index in [-0.39, 0.29) is 0 Å². The van der Waals surface area contributed by atoms with Crippen molar-refractivity contribution in [2.45, 2.75) is 18.9 Å². The molecule has 1 heterocycles. The van der Waals surface area contributed by atoms with Crippen molar-refractivity contribution in [1.82, 2.24) is 10.0 Å². The van der Waals surface area contributed by atoms with Gasteiger partial charge in [-0.1, -0.05) is 0 Å².